The van der Waals surface area contributed by atoms with Gasteiger partial charge in [0.25, 0.3) is 0 Å². The highest BCUT2D eigenvalue weighted by molar-refractivity contribution is 7.80. The highest BCUT2D eigenvalue weighted by atomic mass is 32.1. The first-order valence-corrected chi connectivity index (χ1v) is 2.85. The van der Waals surface area contributed by atoms with E-state index in [1.807, 2.05) is 31.2 Å². The van der Waals surface area contributed by atoms with Crippen LogP contribution in [0.5, 0.6) is 0 Å². The first-order chi connectivity index (χ1) is 3.41. The number of rotatable bonds is 2. The minimum Gasteiger partial charge on any atom is -0.0897 e. The zero-order chi connectivity index (χ0) is 5.54. The fourth-order valence-corrected chi connectivity index (χ4v) is 0.356. The molecule has 0 fully saturated rings. The van der Waals surface area contributed by atoms with Gasteiger partial charge in [-0.3, -0.25) is 0 Å². The van der Waals surface area contributed by atoms with Crippen LogP contribution in [0.25, 0.3) is 0 Å². The monoisotopic (exact) mass is 113 g/mol. The summed E-state index contributed by atoms with van der Waals surface area (Å²) in [4.78, 5) is 0. The van der Waals surface area contributed by atoms with Crippen LogP contribution in [0.15, 0.2) is 24.3 Å². The van der Waals surface area contributed by atoms with E-state index in [9.17, 15) is 0 Å². The molecule has 0 aliphatic rings. The summed E-state index contributed by atoms with van der Waals surface area (Å²) >= 11 is 4.64. The summed E-state index contributed by atoms with van der Waals surface area (Å²) in [6, 6.07) is 0. The van der Waals surface area contributed by atoms with E-state index < -0.39 is 0 Å². The minimum atomic E-state index is 0.713. The van der Waals surface area contributed by atoms with Crippen LogP contribution in [0, 0.1) is 0 Å². The van der Waals surface area contributed by atoms with E-state index in [2.05, 4.69) is 12.6 Å². The second kappa shape index (κ2) is 5.83. The Kier molecular flexibility index (Phi) is 5.69. The first kappa shape index (κ1) is 6.83. The van der Waals surface area contributed by atoms with Crippen LogP contribution >= 0.6 is 12.6 Å². The second-order valence-electron chi connectivity index (χ2n) is 1.12. The zero-order valence-corrected chi connectivity index (χ0v) is 5.24. The Bertz CT molecular complexity index is 72.2. The lowest BCUT2D eigenvalue weighted by molar-refractivity contribution is 1.70. The summed E-state index contributed by atoms with van der Waals surface area (Å²) in [7, 11) is 0. The van der Waals surface area contributed by atoms with Gasteiger partial charge in [0.15, 0.2) is 0 Å². The van der Waals surface area contributed by atoms with Gasteiger partial charge in [0, 0.05) is 5.75 Å². The normalized spacial score (nSPS) is 11.7. The molecular weight excluding hydrogens is 104 g/mol. The molecular formula is C6H9S. The molecule has 0 heterocycles. The molecule has 0 bridgehead atoms. The standard InChI is InChI=1S/C6H9S/c1-2-3-4-5-6-7/h2-5H,6H2,1H3/b3-2+,5-4+. The third-order valence-electron chi connectivity index (χ3n) is 0.536. The van der Waals surface area contributed by atoms with Gasteiger partial charge in [-0.25, -0.2) is 0 Å². The van der Waals surface area contributed by atoms with Crippen molar-refractivity contribution in [2.45, 2.75) is 6.92 Å². The van der Waals surface area contributed by atoms with Crippen LogP contribution in [0.2, 0.25) is 0 Å². The molecule has 0 rings (SSSR count). The molecule has 39 valence electrons. The van der Waals surface area contributed by atoms with Crippen molar-refractivity contribution in [2.24, 2.45) is 0 Å². The van der Waals surface area contributed by atoms with E-state index >= 15 is 0 Å². The van der Waals surface area contributed by atoms with Crippen molar-refractivity contribution in [2.75, 3.05) is 5.75 Å². The van der Waals surface area contributed by atoms with Gasteiger partial charge in [0.05, 0.1) is 0 Å². The molecule has 0 nitrogen and oxygen atoms in total. The SMILES string of the molecule is C/C=C/C=C/C[S]. The molecule has 0 atom stereocenters. The molecule has 0 amide bonds. The fourth-order valence-electron chi connectivity index (χ4n) is 0.245. The van der Waals surface area contributed by atoms with Crippen molar-refractivity contribution in [3.63, 3.8) is 0 Å². The minimum absolute atomic E-state index is 0.713. The molecule has 0 N–H and O–H groups in total. The molecule has 1 radical (unpaired) electrons. The molecule has 0 aliphatic heterocycles. The average Bonchev–Trinajstić information content (AvgIpc) is 1.69. The van der Waals surface area contributed by atoms with E-state index in [0.29, 0.717) is 5.75 Å². The lowest BCUT2D eigenvalue weighted by Gasteiger charge is -1.69. The van der Waals surface area contributed by atoms with Crippen LogP contribution < -0.4 is 0 Å². The zero-order valence-electron chi connectivity index (χ0n) is 4.42. The van der Waals surface area contributed by atoms with Crippen LogP contribution in [-0.4, -0.2) is 5.75 Å². The van der Waals surface area contributed by atoms with Crippen molar-refractivity contribution in [3.8, 4) is 0 Å². The van der Waals surface area contributed by atoms with Crippen LogP contribution in [0.1, 0.15) is 6.92 Å². The Morgan fingerprint density at radius 2 is 2.14 bits per heavy atom. The van der Waals surface area contributed by atoms with E-state index in [-0.39, 0.29) is 0 Å². The molecule has 0 spiro atoms. The summed E-state index contributed by atoms with van der Waals surface area (Å²) in [5, 5.41) is 0. The summed E-state index contributed by atoms with van der Waals surface area (Å²) in [5.74, 6) is 0.713. The van der Waals surface area contributed by atoms with E-state index in [1.165, 1.54) is 0 Å². The molecule has 7 heavy (non-hydrogen) atoms. The van der Waals surface area contributed by atoms with Gasteiger partial charge in [0.1, 0.15) is 0 Å². The van der Waals surface area contributed by atoms with Gasteiger partial charge >= 0.3 is 0 Å². The predicted molar refractivity (Wildman–Crippen MR) is 36.4 cm³/mol. The Morgan fingerprint density at radius 3 is 2.57 bits per heavy atom. The fraction of sp³-hybridized carbons (Fsp3) is 0.333. The number of hydrogen-bond acceptors (Lipinski definition) is 0. The molecule has 0 aromatic rings. The smallest absolute Gasteiger partial charge is 0.0220 e. The van der Waals surface area contributed by atoms with Crippen molar-refractivity contribution in [1.29, 1.82) is 0 Å². The molecule has 0 unspecified atom stereocenters. The van der Waals surface area contributed by atoms with Crippen molar-refractivity contribution in [1.82, 2.24) is 0 Å². The van der Waals surface area contributed by atoms with Crippen molar-refractivity contribution >= 4 is 12.6 Å². The topological polar surface area (TPSA) is 0 Å². The van der Waals surface area contributed by atoms with Gasteiger partial charge in [-0.05, 0) is 6.92 Å². The summed E-state index contributed by atoms with van der Waals surface area (Å²) in [5.41, 5.74) is 0. The lowest BCUT2D eigenvalue weighted by Crippen LogP contribution is -1.54. The molecule has 0 aromatic carbocycles. The van der Waals surface area contributed by atoms with Crippen LogP contribution in [0.3, 0.4) is 0 Å². The Balaban J connectivity index is 3.09. The Hall–Kier alpha value is -0.170. The lowest BCUT2D eigenvalue weighted by atomic mass is 10.5. The number of hydrogen-bond donors (Lipinski definition) is 0. The highest BCUT2D eigenvalue weighted by Crippen LogP contribution is 1.77. The van der Waals surface area contributed by atoms with Crippen LogP contribution in [-0.2, 0) is 0 Å². The molecule has 0 saturated heterocycles. The number of allylic oxidation sites excluding steroid dienone is 3. The highest BCUT2D eigenvalue weighted by Gasteiger charge is 1.59. The van der Waals surface area contributed by atoms with Gasteiger partial charge in [-0.2, -0.15) is 0 Å². The maximum atomic E-state index is 4.64. The molecule has 0 aliphatic carbocycles. The van der Waals surface area contributed by atoms with Crippen LogP contribution in [0.4, 0.5) is 0 Å². The van der Waals surface area contributed by atoms with Gasteiger partial charge in [0.2, 0.25) is 0 Å². The van der Waals surface area contributed by atoms with E-state index in [0.717, 1.165) is 0 Å². The van der Waals surface area contributed by atoms with E-state index in [4.69, 9.17) is 0 Å². The largest absolute Gasteiger partial charge is 0.0897 e. The summed E-state index contributed by atoms with van der Waals surface area (Å²) < 4.78 is 0. The average molecular weight is 113 g/mol. The third-order valence-corrected chi connectivity index (χ3v) is 0.728. The quantitative estimate of drug-likeness (QED) is 0.482. The van der Waals surface area contributed by atoms with Gasteiger partial charge in [-0.1, -0.05) is 36.9 Å². The Morgan fingerprint density at radius 1 is 1.43 bits per heavy atom. The second-order valence-corrected chi connectivity index (χ2v) is 1.45. The maximum absolute atomic E-state index is 4.64. The summed E-state index contributed by atoms with van der Waals surface area (Å²) in [6.07, 6.45) is 7.83. The van der Waals surface area contributed by atoms with Crippen molar-refractivity contribution < 1.29 is 0 Å². The summed E-state index contributed by atoms with van der Waals surface area (Å²) in [6.45, 7) is 1.98. The predicted octanol–water partition coefficient (Wildman–Crippen LogP) is 2.32. The first-order valence-electron chi connectivity index (χ1n) is 2.27. The maximum Gasteiger partial charge on any atom is 0.0220 e. The molecule has 1 heteroatoms. The molecule has 0 saturated carbocycles. The molecule has 0 aromatic heterocycles. The third kappa shape index (κ3) is 5.83. The van der Waals surface area contributed by atoms with Gasteiger partial charge in [-0.15, -0.1) is 0 Å². The van der Waals surface area contributed by atoms with Gasteiger partial charge < -0.3 is 0 Å². The van der Waals surface area contributed by atoms with E-state index in [1.54, 1.807) is 0 Å². The Labute approximate surface area is 50.3 Å². The van der Waals surface area contributed by atoms with Crippen molar-refractivity contribution in [3.05, 3.63) is 24.3 Å².